The predicted molar refractivity (Wildman–Crippen MR) is 123 cm³/mol. The SMILES string of the molecule is C=C.CCCCCCC(C)(C)c1ccc([C@@H]2CC(=O)CC[C@H]2CCCO)c(O)c1. The first kappa shape index (κ1) is 25.4. The van der Waals surface area contributed by atoms with Gasteiger partial charge in [0.1, 0.15) is 11.5 Å². The Hall–Kier alpha value is -1.61. The van der Waals surface area contributed by atoms with Crippen LogP contribution in [0.2, 0.25) is 0 Å². The molecule has 0 unspecified atom stereocenters. The lowest BCUT2D eigenvalue weighted by Gasteiger charge is -2.32. The highest BCUT2D eigenvalue weighted by Gasteiger charge is 2.32. The fraction of sp³-hybridized carbons (Fsp3) is 0.654. The molecule has 0 bridgehead atoms. The van der Waals surface area contributed by atoms with Crippen LogP contribution < -0.4 is 0 Å². The van der Waals surface area contributed by atoms with Crippen molar-refractivity contribution in [1.82, 2.24) is 0 Å². The number of carbonyl (C=O) groups is 1. The summed E-state index contributed by atoms with van der Waals surface area (Å²) in [4.78, 5) is 12.0. The maximum absolute atomic E-state index is 12.0. The number of benzene rings is 1. The number of unbranched alkanes of at least 4 members (excludes halogenated alkanes) is 3. The van der Waals surface area contributed by atoms with E-state index in [1.807, 2.05) is 12.1 Å². The van der Waals surface area contributed by atoms with E-state index in [0.717, 1.165) is 31.2 Å². The van der Waals surface area contributed by atoms with E-state index in [9.17, 15) is 15.0 Å². The van der Waals surface area contributed by atoms with Crippen LogP contribution in [-0.4, -0.2) is 22.6 Å². The highest BCUT2D eigenvalue weighted by Crippen LogP contribution is 2.43. The molecule has 0 heterocycles. The minimum atomic E-state index is 0.0441. The number of aliphatic hydroxyl groups is 1. The lowest BCUT2D eigenvalue weighted by molar-refractivity contribution is -0.121. The van der Waals surface area contributed by atoms with E-state index in [1.165, 1.54) is 31.2 Å². The number of hydrogen-bond acceptors (Lipinski definition) is 3. The second kappa shape index (κ2) is 12.8. The number of hydrogen-bond donors (Lipinski definition) is 2. The van der Waals surface area contributed by atoms with Gasteiger partial charge in [-0.3, -0.25) is 4.79 Å². The van der Waals surface area contributed by atoms with Crippen molar-refractivity contribution in [2.24, 2.45) is 5.92 Å². The molecule has 1 aromatic carbocycles. The van der Waals surface area contributed by atoms with E-state index in [4.69, 9.17) is 0 Å². The summed E-state index contributed by atoms with van der Waals surface area (Å²) in [6, 6.07) is 6.13. The molecule has 3 heteroatoms. The van der Waals surface area contributed by atoms with Crippen LogP contribution in [0.25, 0.3) is 0 Å². The lowest BCUT2D eigenvalue weighted by Crippen LogP contribution is -2.24. The summed E-state index contributed by atoms with van der Waals surface area (Å²) in [7, 11) is 0. The molecule has 0 aliphatic heterocycles. The molecule has 2 atom stereocenters. The number of ketones is 1. The molecular weight excluding hydrogens is 360 g/mol. The first-order valence-electron chi connectivity index (χ1n) is 11.3. The summed E-state index contributed by atoms with van der Waals surface area (Å²) in [5.41, 5.74) is 2.13. The third-order valence-electron chi connectivity index (χ3n) is 6.41. The molecule has 0 radical (unpaired) electrons. The van der Waals surface area contributed by atoms with E-state index >= 15 is 0 Å². The molecule has 0 spiro atoms. The number of carbonyl (C=O) groups excluding carboxylic acids is 1. The number of aliphatic hydroxyl groups excluding tert-OH is 1. The summed E-state index contributed by atoms with van der Waals surface area (Å²) in [5, 5.41) is 20.0. The van der Waals surface area contributed by atoms with Crippen molar-refractivity contribution in [1.29, 1.82) is 0 Å². The van der Waals surface area contributed by atoms with Crippen molar-refractivity contribution < 1.29 is 15.0 Å². The molecule has 1 aliphatic carbocycles. The fourth-order valence-electron chi connectivity index (χ4n) is 4.54. The first-order valence-corrected chi connectivity index (χ1v) is 11.3. The Morgan fingerprint density at radius 2 is 1.86 bits per heavy atom. The van der Waals surface area contributed by atoms with Gasteiger partial charge >= 0.3 is 0 Å². The summed E-state index contributed by atoms with van der Waals surface area (Å²) < 4.78 is 0. The summed E-state index contributed by atoms with van der Waals surface area (Å²) in [6.45, 7) is 12.9. The molecule has 1 aromatic rings. The average Bonchev–Trinajstić information content (AvgIpc) is 2.72. The van der Waals surface area contributed by atoms with Crippen molar-refractivity contribution >= 4 is 5.78 Å². The fourth-order valence-corrected chi connectivity index (χ4v) is 4.54. The van der Waals surface area contributed by atoms with E-state index in [-0.39, 0.29) is 17.9 Å². The van der Waals surface area contributed by atoms with Gasteiger partial charge < -0.3 is 10.2 Å². The molecule has 0 amide bonds. The zero-order valence-corrected chi connectivity index (χ0v) is 18.9. The number of rotatable bonds is 10. The van der Waals surface area contributed by atoms with Gasteiger partial charge in [-0.05, 0) is 60.1 Å². The molecule has 1 saturated carbocycles. The van der Waals surface area contributed by atoms with Crippen molar-refractivity contribution in [3.8, 4) is 5.75 Å². The highest BCUT2D eigenvalue weighted by molar-refractivity contribution is 5.80. The van der Waals surface area contributed by atoms with Crippen LogP contribution >= 0.6 is 0 Å². The molecule has 1 fully saturated rings. The standard InChI is InChI=1S/C24H38O3.C2H4/c1-4-5-6-7-14-24(2,3)19-11-13-21(23(27)16-19)22-17-20(26)12-10-18(22)9-8-15-25;1-2/h11,13,16,18,22,25,27H,4-10,12,14-15,17H2,1-3H3;1-2H2/t18-,22-;/m1./s1. The minimum absolute atomic E-state index is 0.0441. The van der Waals surface area contributed by atoms with Crippen molar-refractivity contribution in [3.05, 3.63) is 42.5 Å². The highest BCUT2D eigenvalue weighted by atomic mass is 16.3. The molecule has 2 N–H and O–H groups in total. The monoisotopic (exact) mass is 402 g/mol. The van der Waals surface area contributed by atoms with Gasteiger partial charge in [-0.15, -0.1) is 13.2 Å². The van der Waals surface area contributed by atoms with Gasteiger partial charge in [0.25, 0.3) is 0 Å². The quantitative estimate of drug-likeness (QED) is 0.339. The third-order valence-corrected chi connectivity index (χ3v) is 6.41. The zero-order chi connectivity index (χ0) is 21.9. The van der Waals surface area contributed by atoms with Gasteiger partial charge in [-0.2, -0.15) is 0 Å². The predicted octanol–water partition coefficient (Wildman–Crippen LogP) is 6.67. The van der Waals surface area contributed by atoms with Crippen LogP contribution in [0, 0.1) is 5.92 Å². The largest absolute Gasteiger partial charge is 0.508 e. The maximum Gasteiger partial charge on any atom is 0.133 e. The number of Topliss-reactive ketones (excluding diaryl/α,β-unsaturated/α-hetero) is 1. The van der Waals surface area contributed by atoms with Crippen molar-refractivity contribution in [3.63, 3.8) is 0 Å². The number of phenolic OH excluding ortho intramolecular Hbond substituents is 1. The second-order valence-electron chi connectivity index (χ2n) is 8.98. The lowest BCUT2D eigenvalue weighted by atomic mass is 9.72. The summed E-state index contributed by atoms with van der Waals surface area (Å²) >= 11 is 0. The minimum Gasteiger partial charge on any atom is -0.508 e. The molecule has 3 nitrogen and oxygen atoms in total. The van der Waals surface area contributed by atoms with E-state index in [0.29, 0.717) is 30.3 Å². The maximum atomic E-state index is 12.0. The van der Waals surface area contributed by atoms with Crippen LogP contribution in [0.1, 0.15) is 102 Å². The molecule has 29 heavy (non-hydrogen) atoms. The van der Waals surface area contributed by atoms with Crippen molar-refractivity contribution in [2.75, 3.05) is 6.61 Å². The molecule has 164 valence electrons. The Kier molecular flexibility index (Phi) is 11.3. The van der Waals surface area contributed by atoms with E-state index < -0.39 is 0 Å². The van der Waals surface area contributed by atoms with Gasteiger partial charge in [0.2, 0.25) is 0 Å². The van der Waals surface area contributed by atoms with Gasteiger partial charge in [0.15, 0.2) is 0 Å². The zero-order valence-electron chi connectivity index (χ0n) is 18.9. The van der Waals surface area contributed by atoms with Crippen LogP contribution in [0.5, 0.6) is 5.75 Å². The Morgan fingerprint density at radius 3 is 2.48 bits per heavy atom. The van der Waals surface area contributed by atoms with Gasteiger partial charge in [0, 0.05) is 19.4 Å². The summed E-state index contributed by atoms with van der Waals surface area (Å²) in [5.74, 6) is 1.08. The molecule has 1 aliphatic rings. The van der Waals surface area contributed by atoms with Gasteiger partial charge in [-0.25, -0.2) is 0 Å². The smallest absolute Gasteiger partial charge is 0.133 e. The van der Waals surface area contributed by atoms with Crippen LogP contribution in [0.3, 0.4) is 0 Å². The van der Waals surface area contributed by atoms with Gasteiger partial charge in [0.05, 0.1) is 0 Å². The van der Waals surface area contributed by atoms with E-state index in [2.05, 4.69) is 40.0 Å². The number of aromatic hydroxyl groups is 1. The van der Waals surface area contributed by atoms with Crippen LogP contribution in [-0.2, 0) is 10.2 Å². The Balaban J connectivity index is 0.00000204. The van der Waals surface area contributed by atoms with Crippen LogP contribution in [0.4, 0.5) is 0 Å². The topological polar surface area (TPSA) is 57.5 Å². The van der Waals surface area contributed by atoms with E-state index in [1.54, 1.807) is 0 Å². The van der Waals surface area contributed by atoms with Crippen LogP contribution in [0.15, 0.2) is 31.4 Å². The Bertz CT molecular complexity index is 620. The molecule has 0 saturated heterocycles. The molecular formula is C26H42O3. The third kappa shape index (κ3) is 7.62. The van der Waals surface area contributed by atoms with Gasteiger partial charge in [-0.1, -0.05) is 58.6 Å². The average molecular weight is 403 g/mol. The number of phenols is 1. The summed E-state index contributed by atoms with van der Waals surface area (Å²) in [6.07, 6.45) is 9.82. The van der Waals surface area contributed by atoms with Crippen molar-refractivity contribution in [2.45, 2.75) is 96.3 Å². The Morgan fingerprint density at radius 1 is 1.14 bits per heavy atom. The Labute approximate surface area is 178 Å². The molecule has 0 aromatic heterocycles. The first-order chi connectivity index (χ1) is 13.9. The normalized spacial score (nSPS) is 19.5. The second-order valence-corrected chi connectivity index (χ2v) is 8.98. The molecule has 2 rings (SSSR count).